The Morgan fingerprint density at radius 3 is 1.87 bits per heavy atom. The van der Waals surface area contributed by atoms with E-state index in [2.05, 4.69) is 5.32 Å². The lowest BCUT2D eigenvalue weighted by molar-refractivity contribution is -0.137. The van der Waals surface area contributed by atoms with Crippen molar-refractivity contribution in [2.75, 3.05) is 13.1 Å². The van der Waals surface area contributed by atoms with E-state index in [4.69, 9.17) is 4.74 Å². The number of benzene rings is 2. The fourth-order valence-electron chi connectivity index (χ4n) is 2.81. The maximum atomic E-state index is 12.5. The van der Waals surface area contributed by atoms with E-state index in [0.717, 1.165) is 38.1 Å². The molecule has 0 aromatic heterocycles. The fourth-order valence-corrected chi connectivity index (χ4v) is 2.81. The lowest BCUT2D eigenvalue weighted by Gasteiger charge is -2.23. The minimum atomic E-state index is -4.32. The van der Waals surface area contributed by atoms with Crippen LogP contribution < -0.4 is 10.1 Å². The van der Waals surface area contributed by atoms with E-state index < -0.39 is 11.7 Å². The molecule has 1 heterocycles. The predicted octanol–water partition coefficient (Wildman–Crippen LogP) is 4.96. The molecule has 1 N–H and O–H groups in total. The number of alkyl halides is 3. The highest BCUT2D eigenvalue weighted by Crippen LogP contribution is 2.32. The normalized spacial score (nSPS) is 16.3. The fraction of sp³-hybridized carbons (Fsp3) is 0.333. The van der Waals surface area contributed by atoms with E-state index >= 15 is 0 Å². The molecule has 2 aromatic rings. The van der Waals surface area contributed by atoms with Crippen LogP contribution in [0.2, 0.25) is 0 Å². The third kappa shape index (κ3) is 4.05. The van der Waals surface area contributed by atoms with Gasteiger partial charge in [0.1, 0.15) is 11.5 Å². The second-order valence-electron chi connectivity index (χ2n) is 5.72. The van der Waals surface area contributed by atoms with Crippen molar-refractivity contribution in [3.05, 3.63) is 59.7 Å². The number of hydrogen-bond donors (Lipinski definition) is 1. The van der Waals surface area contributed by atoms with Crippen LogP contribution in [0.5, 0.6) is 11.5 Å². The topological polar surface area (TPSA) is 21.3 Å². The Labute approximate surface area is 133 Å². The summed E-state index contributed by atoms with van der Waals surface area (Å²) in [6.45, 7) is 2.07. The highest BCUT2D eigenvalue weighted by Gasteiger charge is 2.30. The summed E-state index contributed by atoms with van der Waals surface area (Å²) in [4.78, 5) is 0. The lowest BCUT2D eigenvalue weighted by Crippen LogP contribution is -2.26. The van der Waals surface area contributed by atoms with Crippen LogP contribution in [0.3, 0.4) is 0 Å². The Hall–Kier alpha value is -2.01. The zero-order valence-corrected chi connectivity index (χ0v) is 12.6. The molecule has 1 aliphatic heterocycles. The Balaban J connectivity index is 1.66. The van der Waals surface area contributed by atoms with Crippen molar-refractivity contribution in [2.24, 2.45) is 0 Å². The highest BCUT2D eigenvalue weighted by molar-refractivity contribution is 5.36. The van der Waals surface area contributed by atoms with Crippen LogP contribution in [-0.4, -0.2) is 13.1 Å². The van der Waals surface area contributed by atoms with Gasteiger partial charge >= 0.3 is 6.18 Å². The van der Waals surface area contributed by atoms with Crippen molar-refractivity contribution in [2.45, 2.75) is 24.9 Å². The van der Waals surface area contributed by atoms with Crippen LogP contribution in [0.25, 0.3) is 0 Å². The smallest absolute Gasteiger partial charge is 0.416 e. The van der Waals surface area contributed by atoms with Crippen LogP contribution in [-0.2, 0) is 6.18 Å². The lowest BCUT2D eigenvalue weighted by atomic mass is 9.90. The molecule has 0 spiro atoms. The maximum absolute atomic E-state index is 12.5. The molecule has 3 rings (SSSR count). The van der Waals surface area contributed by atoms with Crippen molar-refractivity contribution < 1.29 is 17.9 Å². The molecule has 0 radical (unpaired) electrons. The van der Waals surface area contributed by atoms with E-state index in [9.17, 15) is 13.2 Å². The van der Waals surface area contributed by atoms with Gasteiger partial charge in [0.2, 0.25) is 0 Å². The van der Waals surface area contributed by atoms with Crippen molar-refractivity contribution in [1.82, 2.24) is 5.32 Å². The van der Waals surface area contributed by atoms with Gasteiger partial charge in [0, 0.05) is 0 Å². The number of hydrogen-bond acceptors (Lipinski definition) is 2. The molecular weight excluding hydrogens is 303 g/mol. The minimum Gasteiger partial charge on any atom is -0.457 e. The summed E-state index contributed by atoms with van der Waals surface area (Å²) < 4.78 is 43.2. The molecule has 0 unspecified atom stereocenters. The van der Waals surface area contributed by atoms with E-state index in [1.807, 2.05) is 24.3 Å². The average Bonchev–Trinajstić information content (AvgIpc) is 2.56. The molecular formula is C18H18F3NO. The number of ether oxygens (including phenoxy) is 1. The van der Waals surface area contributed by atoms with Gasteiger partial charge in [0.05, 0.1) is 5.56 Å². The molecule has 1 saturated heterocycles. The molecule has 2 aromatic carbocycles. The van der Waals surface area contributed by atoms with Crippen LogP contribution in [0.4, 0.5) is 13.2 Å². The van der Waals surface area contributed by atoms with E-state index in [1.54, 1.807) is 0 Å². The summed E-state index contributed by atoms with van der Waals surface area (Å²) in [6, 6.07) is 12.5. The summed E-state index contributed by atoms with van der Waals surface area (Å²) in [5.74, 6) is 1.59. The van der Waals surface area contributed by atoms with Gasteiger partial charge in [-0.15, -0.1) is 0 Å². The molecule has 122 valence electrons. The molecule has 0 saturated carbocycles. The van der Waals surface area contributed by atoms with E-state index in [1.165, 1.54) is 17.7 Å². The standard InChI is InChI=1S/C18H18F3NO/c19-18(20,21)15-3-7-17(8-4-15)23-16-5-1-13(2-6-16)14-9-11-22-12-10-14/h1-8,14,22H,9-12H2. The number of nitrogens with one attached hydrogen (secondary N) is 1. The van der Waals surface area contributed by atoms with E-state index in [0.29, 0.717) is 17.4 Å². The number of piperidine rings is 1. The first kappa shape index (κ1) is 15.9. The Morgan fingerprint density at radius 1 is 0.826 bits per heavy atom. The zero-order chi connectivity index (χ0) is 16.3. The van der Waals surface area contributed by atoms with Gasteiger partial charge in [0.25, 0.3) is 0 Å². The van der Waals surface area contributed by atoms with Crippen LogP contribution in [0, 0.1) is 0 Å². The summed E-state index contributed by atoms with van der Waals surface area (Å²) in [6.07, 6.45) is -2.08. The monoisotopic (exact) mass is 321 g/mol. The van der Waals surface area contributed by atoms with Crippen molar-refractivity contribution >= 4 is 0 Å². The molecule has 2 nitrogen and oxygen atoms in total. The molecule has 1 aliphatic rings. The first-order valence-corrected chi connectivity index (χ1v) is 7.68. The van der Waals surface area contributed by atoms with Gasteiger partial charge in [-0.2, -0.15) is 13.2 Å². The Morgan fingerprint density at radius 2 is 1.35 bits per heavy atom. The molecule has 23 heavy (non-hydrogen) atoms. The molecule has 0 atom stereocenters. The van der Waals surface area contributed by atoms with E-state index in [-0.39, 0.29) is 0 Å². The molecule has 0 bridgehead atoms. The van der Waals surface area contributed by atoms with Crippen molar-refractivity contribution in [3.63, 3.8) is 0 Å². The maximum Gasteiger partial charge on any atom is 0.416 e. The SMILES string of the molecule is FC(F)(F)c1ccc(Oc2ccc(C3CCNCC3)cc2)cc1. The zero-order valence-electron chi connectivity index (χ0n) is 12.6. The first-order valence-electron chi connectivity index (χ1n) is 7.68. The first-order chi connectivity index (χ1) is 11.0. The second-order valence-corrected chi connectivity index (χ2v) is 5.72. The van der Waals surface area contributed by atoms with Gasteiger partial charge < -0.3 is 10.1 Å². The van der Waals surface area contributed by atoms with Gasteiger partial charge in [-0.1, -0.05) is 12.1 Å². The second kappa shape index (κ2) is 6.62. The third-order valence-electron chi connectivity index (χ3n) is 4.11. The summed E-state index contributed by atoms with van der Waals surface area (Å²) in [5.41, 5.74) is 0.609. The summed E-state index contributed by atoms with van der Waals surface area (Å²) in [5, 5.41) is 3.34. The average molecular weight is 321 g/mol. The van der Waals surface area contributed by atoms with Crippen LogP contribution >= 0.6 is 0 Å². The van der Waals surface area contributed by atoms with Crippen LogP contribution in [0.15, 0.2) is 48.5 Å². The molecule has 0 aliphatic carbocycles. The van der Waals surface area contributed by atoms with Gasteiger partial charge in [-0.3, -0.25) is 0 Å². The Kier molecular flexibility index (Phi) is 4.57. The number of rotatable bonds is 3. The predicted molar refractivity (Wildman–Crippen MR) is 82.8 cm³/mol. The summed E-state index contributed by atoms with van der Waals surface area (Å²) in [7, 11) is 0. The van der Waals surface area contributed by atoms with Gasteiger partial charge in [-0.05, 0) is 73.8 Å². The quantitative estimate of drug-likeness (QED) is 0.862. The largest absolute Gasteiger partial charge is 0.457 e. The molecule has 5 heteroatoms. The molecule has 1 fully saturated rings. The third-order valence-corrected chi connectivity index (χ3v) is 4.11. The minimum absolute atomic E-state index is 0.396. The molecule has 0 amide bonds. The Bertz CT molecular complexity index is 629. The van der Waals surface area contributed by atoms with Gasteiger partial charge in [-0.25, -0.2) is 0 Å². The van der Waals surface area contributed by atoms with Crippen LogP contribution in [0.1, 0.15) is 29.9 Å². The van der Waals surface area contributed by atoms with Gasteiger partial charge in [0.15, 0.2) is 0 Å². The van der Waals surface area contributed by atoms with Crippen molar-refractivity contribution in [1.29, 1.82) is 0 Å². The number of halogens is 3. The highest BCUT2D eigenvalue weighted by atomic mass is 19.4. The summed E-state index contributed by atoms with van der Waals surface area (Å²) >= 11 is 0. The van der Waals surface area contributed by atoms with Crippen molar-refractivity contribution in [3.8, 4) is 11.5 Å².